The van der Waals surface area contributed by atoms with Gasteiger partial charge in [0.15, 0.2) is 5.13 Å². The zero-order valence-electron chi connectivity index (χ0n) is 11.5. The summed E-state index contributed by atoms with van der Waals surface area (Å²) in [6.07, 6.45) is 5.98. The molecular weight excluding hydrogens is 244 g/mol. The van der Waals surface area contributed by atoms with E-state index in [1.54, 1.807) is 11.3 Å². The van der Waals surface area contributed by atoms with Gasteiger partial charge in [0.2, 0.25) is 0 Å². The number of hydrogen-bond acceptors (Lipinski definition) is 4. The molecule has 4 heteroatoms. The number of aliphatic hydroxyl groups is 1. The number of aliphatic hydroxyl groups excluding tert-OH is 1. The van der Waals surface area contributed by atoms with Crippen LogP contribution >= 0.6 is 11.3 Å². The molecule has 1 N–H and O–H groups in total. The number of hydrogen-bond donors (Lipinski definition) is 1. The molecular formula is C14H24N2OS. The van der Waals surface area contributed by atoms with Gasteiger partial charge in [-0.25, -0.2) is 4.98 Å². The second-order valence-corrected chi connectivity index (χ2v) is 6.23. The molecule has 2 rings (SSSR count). The van der Waals surface area contributed by atoms with Gasteiger partial charge in [0.05, 0.1) is 17.2 Å². The average molecular weight is 268 g/mol. The van der Waals surface area contributed by atoms with Crippen molar-refractivity contribution in [1.29, 1.82) is 0 Å². The number of nitrogens with zero attached hydrogens (tertiary/aromatic N) is 2. The summed E-state index contributed by atoms with van der Waals surface area (Å²) in [7, 11) is 0. The molecule has 0 atom stereocenters. The standard InChI is InChI=1S/C14H24N2OS/c1-3-5-12-13(10-17)18-14(15-12)16(8-4-2)9-11-6-7-11/h11,17H,3-10H2,1-2H3. The first-order chi connectivity index (χ1) is 8.78. The number of aromatic nitrogens is 1. The summed E-state index contributed by atoms with van der Waals surface area (Å²) in [6, 6.07) is 0. The first kappa shape index (κ1) is 13.8. The maximum atomic E-state index is 9.42. The van der Waals surface area contributed by atoms with E-state index in [-0.39, 0.29) is 6.61 Å². The van der Waals surface area contributed by atoms with E-state index in [0.717, 1.165) is 54.0 Å². The van der Waals surface area contributed by atoms with Crippen LogP contribution < -0.4 is 4.90 Å². The minimum Gasteiger partial charge on any atom is -0.391 e. The molecule has 0 amide bonds. The molecule has 1 aromatic heterocycles. The molecule has 0 aliphatic heterocycles. The Morgan fingerprint density at radius 1 is 1.33 bits per heavy atom. The monoisotopic (exact) mass is 268 g/mol. The molecule has 3 nitrogen and oxygen atoms in total. The van der Waals surface area contributed by atoms with E-state index in [4.69, 9.17) is 4.98 Å². The van der Waals surface area contributed by atoms with E-state index in [1.165, 1.54) is 12.8 Å². The van der Waals surface area contributed by atoms with Crippen LogP contribution in [0.25, 0.3) is 0 Å². The lowest BCUT2D eigenvalue weighted by Gasteiger charge is -2.20. The zero-order chi connectivity index (χ0) is 13.0. The van der Waals surface area contributed by atoms with Crippen molar-refractivity contribution in [2.45, 2.75) is 52.6 Å². The molecule has 102 valence electrons. The molecule has 1 aliphatic rings. The van der Waals surface area contributed by atoms with Crippen LogP contribution in [0.5, 0.6) is 0 Å². The summed E-state index contributed by atoms with van der Waals surface area (Å²) < 4.78 is 0. The SMILES string of the molecule is CCCc1nc(N(CCC)CC2CC2)sc1CO. The lowest BCUT2D eigenvalue weighted by Crippen LogP contribution is -2.26. The Kier molecular flexibility index (Phi) is 5.01. The van der Waals surface area contributed by atoms with Crippen molar-refractivity contribution < 1.29 is 5.11 Å². The van der Waals surface area contributed by atoms with E-state index in [2.05, 4.69) is 18.7 Å². The van der Waals surface area contributed by atoms with E-state index < -0.39 is 0 Å². The van der Waals surface area contributed by atoms with Crippen LogP contribution in [-0.2, 0) is 13.0 Å². The first-order valence-corrected chi connectivity index (χ1v) is 7.94. The molecule has 1 fully saturated rings. The minimum absolute atomic E-state index is 0.135. The molecule has 1 aliphatic carbocycles. The predicted octanol–water partition coefficient (Wildman–Crippen LogP) is 3.21. The Bertz CT molecular complexity index is 374. The van der Waals surface area contributed by atoms with Crippen LogP contribution in [0, 0.1) is 5.92 Å². The predicted molar refractivity (Wildman–Crippen MR) is 77.3 cm³/mol. The van der Waals surface area contributed by atoms with Crippen LogP contribution in [0.2, 0.25) is 0 Å². The summed E-state index contributed by atoms with van der Waals surface area (Å²) in [4.78, 5) is 8.23. The molecule has 0 aromatic carbocycles. The Morgan fingerprint density at radius 2 is 2.11 bits per heavy atom. The highest BCUT2D eigenvalue weighted by molar-refractivity contribution is 7.15. The van der Waals surface area contributed by atoms with Gasteiger partial charge in [-0.1, -0.05) is 31.6 Å². The fourth-order valence-corrected chi connectivity index (χ4v) is 3.21. The number of thiazole rings is 1. The van der Waals surface area contributed by atoms with Crippen molar-refractivity contribution in [1.82, 2.24) is 4.98 Å². The zero-order valence-corrected chi connectivity index (χ0v) is 12.3. The molecule has 0 saturated heterocycles. The summed E-state index contributed by atoms with van der Waals surface area (Å²) in [5.41, 5.74) is 1.11. The van der Waals surface area contributed by atoms with Crippen molar-refractivity contribution in [3.8, 4) is 0 Å². The van der Waals surface area contributed by atoms with Crippen LogP contribution in [0.3, 0.4) is 0 Å². The number of aryl methyl sites for hydroxylation is 1. The van der Waals surface area contributed by atoms with E-state index >= 15 is 0 Å². The maximum absolute atomic E-state index is 9.42. The van der Waals surface area contributed by atoms with Crippen LogP contribution in [-0.4, -0.2) is 23.2 Å². The Morgan fingerprint density at radius 3 is 2.67 bits per heavy atom. The van der Waals surface area contributed by atoms with E-state index in [1.807, 2.05) is 0 Å². The Hall–Kier alpha value is -0.610. The third kappa shape index (κ3) is 3.45. The van der Waals surface area contributed by atoms with Crippen LogP contribution in [0.4, 0.5) is 5.13 Å². The van der Waals surface area contributed by atoms with E-state index in [0.29, 0.717) is 0 Å². The number of anilines is 1. The van der Waals surface area contributed by atoms with Crippen molar-refractivity contribution >= 4 is 16.5 Å². The molecule has 0 bridgehead atoms. The highest BCUT2D eigenvalue weighted by atomic mass is 32.1. The fourth-order valence-electron chi connectivity index (χ4n) is 2.21. The van der Waals surface area contributed by atoms with Gasteiger partial charge in [-0.2, -0.15) is 0 Å². The third-order valence-electron chi connectivity index (χ3n) is 3.34. The molecule has 1 heterocycles. The van der Waals surface area contributed by atoms with Gasteiger partial charge < -0.3 is 10.0 Å². The second-order valence-electron chi connectivity index (χ2n) is 5.16. The number of rotatable bonds is 8. The fraction of sp³-hybridized carbons (Fsp3) is 0.786. The minimum atomic E-state index is 0.135. The Balaban J connectivity index is 2.11. The first-order valence-electron chi connectivity index (χ1n) is 7.12. The largest absolute Gasteiger partial charge is 0.391 e. The lowest BCUT2D eigenvalue weighted by atomic mass is 10.2. The van der Waals surface area contributed by atoms with Gasteiger partial charge in [-0.05, 0) is 31.6 Å². The third-order valence-corrected chi connectivity index (χ3v) is 4.48. The molecule has 18 heavy (non-hydrogen) atoms. The maximum Gasteiger partial charge on any atom is 0.185 e. The van der Waals surface area contributed by atoms with Gasteiger partial charge in [-0.3, -0.25) is 0 Å². The second kappa shape index (κ2) is 6.53. The average Bonchev–Trinajstić information content (AvgIpc) is 3.09. The summed E-state index contributed by atoms with van der Waals surface area (Å²) in [5, 5.41) is 10.5. The highest BCUT2D eigenvalue weighted by Gasteiger charge is 2.25. The molecule has 0 radical (unpaired) electrons. The Labute approximate surface area is 114 Å². The quantitative estimate of drug-likeness (QED) is 0.786. The van der Waals surface area contributed by atoms with E-state index in [9.17, 15) is 5.11 Å². The molecule has 1 aromatic rings. The summed E-state index contributed by atoms with van der Waals surface area (Å²) in [5.74, 6) is 0.882. The van der Waals surface area contributed by atoms with Gasteiger partial charge in [0.25, 0.3) is 0 Å². The smallest absolute Gasteiger partial charge is 0.185 e. The van der Waals surface area contributed by atoms with Gasteiger partial charge in [-0.15, -0.1) is 0 Å². The van der Waals surface area contributed by atoms with Crippen molar-refractivity contribution in [3.05, 3.63) is 10.6 Å². The highest BCUT2D eigenvalue weighted by Crippen LogP contribution is 2.34. The van der Waals surface area contributed by atoms with Gasteiger partial charge >= 0.3 is 0 Å². The van der Waals surface area contributed by atoms with Gasteiger partial charge in [0, 0.05) is 13.1 Å². The molecule has 0 spiro atoms. The molecule has 0 unspecified atom stereocenters. The van der Waals surface area contributed by atoms with Crippen LogP contribution in [0.15, 0.2) is 0 Å². The van der Waals surface area contributed by atoms with Gasteiger partial charge in [0.1, 0.15) is 0 Å². The van der Waals surface area contributed by atoms with Crippen molar-refractivity contribution in [2.75, 3.05) is 18.0 Å². The van der Waals surface area contributed by atoms with Crippen molar-refractivity contribution in [3.63, 3.8) is 0 Å². The van der Waals surface area contributed by atoms with Crippen molar-refractivity contribution in [2.24, 2.45) is 5.92 Å². The summed E-state index contributed by atoms with van der Waals surface area (Å²) >= 11 is 1.68. The van der Waals surface area contributed by atoms with Crippen LogP contribution in [0.1, 0.15) is 50.1 Å². The molecule has 1 saturated carbocycles. The summed E-state index contributed by atoms with van der Waals surface area (Å²) in [6.45, 7) is 6.75. The normalized spacial score (nSPS) is 15.1. The lowest BCUT2D eigenvalue weighted by molar-refractivity contribution is 0.284. The topological polar surface area (TPSA) is 36.4 Å².